The zero-order valence-corrected chi connectivity index (χ0v) is 70.8. The molecule has 119 heavy (non-hydrogen) atoms. The number of aliphatic hydroxyl groups is 17. The summed E-state index contributed by atoms with van der Waals surface area (Å²) in [6, 6.07) is -4.57. The Balaban J connectivity index is 1.05. The lowest BCUT2D eigenvalue weighted by molar-refractivity contribution is -0.385. The summed E-state index contributed by atoms with van der Waals surface area (Å²) in [5.74, 6) is -2.01. The minimum Gasteiger partial charge on any atom is -0.394 e. The molecule has 20 N–H and O–H groups in total. The van der Waals surface area contributed by atoms with Gasteiger partial charge in [-0.1, -0.05) is 205 Å². The monoisotopic (exact) mass is 1710 g/mol. The number of hydrogen-bond acceptors (Lipinski definition) is 32. The van der Waals surface area contributed by atoms with Crippen molar-refractivity contribution < 1.29 is 158 Å². The number of aliphatic hydroxyl groups excluding tert-OH is 17. The molecule has 32 atom stereocenters. The largest absolute Gasteiger partial charge is 0.394 e. The minimum absolute atomic E-state index is 0.180. The third-order valence-electron chi connectivity index (χ3n) is 23.3. The first-order valence-corrected chi connectivity index (χ1v) is 44.5. The molecule has 6 fully saturated rings. The highest BCUT2D eigenvalue weighted by Gasteiger charge is 2.59. The van der Waals surface area contributed by atoms with Crippen LogP contribution in [0, 0.1) is 0 Å². The van der Waals surface area contributed by atoms with Gasteiger partial charge in [0.1, 0.15) is 140 Å². The average Bonchev–Trinajstić information content (AvgIpc) is 0.767. The molecule has 6 heterocycles. The highest BCUT2D eigenvalue weighted by molar-refractivity contribution is 5.76. The average molecular weight is 1720 g/mol. The molecule has 3 amide bonds. The predicted octanol–water partition coefficient (Wildman–Crippen LogP) is 1.50. The van der Waals surface area contributed by atoms with Crippen molar-refractivity contribution in [3.05, 3.63) is 24.3 Å². The minimum atomic E-state index is -2.26. The van der Waals surface area contributed by atoms with Crippen molar-refractivity contribution in [2.24, 2.45) is 0 Å². The maximum absolute atomic E-state index is 13.6. The van der Waals surface area contributed by atoms with Crippen LogP contribution in [0.15, 0.2) is 24.3 Å². The van der Waals surface area contributed by atoms with Gasteiger partial charge in [-0.2, -0.15) is 0 Å². The van der Waals surface area contributed by atoms with E-state index in [9.17, 15) is 101 Å². The molecule has 0 aromatic carbocycles. The number of unbranched alkanes of at least 4 members (excludes halogenated alkanes) is 30. The maximum atomic E-state index is 13.6. The summed E-state index contributed by atoms with van der Waals surface area (Å²) >= 11 is 0. The molecule has 6 aliphatic rings. The summed E-state index contributed by atoms with van der Waals surface area (Å²) < 4.78 is 71.5. The van der Waals surface area contributed by atoms with Crippen LogP contribution in [-0.2, 0) is 71.2 Å². The molecule has 35 heteroatoms. The van der Waals surface area contributed by atoms with Gasteiger partial charge in [0.15, 0.2) is 37.7 Å². The molecule has 0 aliphatic carbocycles. The van der Waals surface area contributed by atoms with E-state index in [2.05, 4.69) is 41.9 Å². The standard InChI is InChI=1S/C84H151N3O32/c1-6-8-10-12-14-16-18-20-21-22-23-24-25-26-27-28-29-31-33-35-37-39-41-43-60(96)87-53(54(95)42-40-38-36-34-32-30-19-17-15-13-11-9-7-2)49-108-81-71(105)68(102)75(58(47-91)113-81)116-83-72(106)69(103)74(59(48-92)114-83)115-79-61(85-51(4)93)77(65(99)55(44-88)110-79)118-84-73(107)78(66(100)57(46-90)112-84)119-80-62(86-52(5)94)76(64(98)56(45-89)111-80)117-82-70(104)67(101)63(97)50(3)109-82/h20-21,40,42,50,53-59,61-84,88-92,95,97-107H,6-19,22-39,41,43-49H2,1-5H3,(H,85,93)(H,86,94)(H,87,96)/b21-20-,42-40+/t50?,53-,54+,55?,56?,57?,58?,59?,61?,62?,63+,64+,65-,66-,67?,68+,69+,70-,71?,72?,73?,74-,75+,76+,77+,78-,79-,80-,81+,82+,83-,84-/m0/s1. The van der Waals surface area contributed by atoms with Crippen molar-refractivity contribution in [1.29, 1.82) is 0 Å². The van der Waals surface area contributed by atoms with E-state index in [4.69, 9.17) is 56.8 Å². The highest BCUT2D eigenvalue weighted by Crippen LogP contribution is 2.38. The van der Waals surface area contributed by atoms with Crippen LogP contribution in [-0.4, -0.2) is 340 Å². The Morgan fingerprint density at radius 1 is 0.345 bits per heavy atom. The van der Waals surface area contributed by atoms with E-state index in [1.807, 2.05) is 6.08 Å². The molecule has 0 spiro atoms. The number of carbonyl (C=O) groups is 3. The quantitative estimate of drug-likeness (QED) is 0.0303. The number of hydrogen-bond donors (Lipinski definition) is 20. The fourth-order valence-electron chi connectivity index (χ4n) is 16.2. The summed E-state index contributed by atoms with van der Waals surface area (Å²) in [4.78, 5) is 39.5. The first kappa shape index (κ1) is 105. The third kappa shape index (κ3) is 33.8. The second-order valence-corrected chi connectivity index (χ2v) is 33.1. The van der Waals surface area contributed by atoms with Gasteiger partial charge in [0.2, 0.25) is 17.7 Å². The number of nitrogens with one attached hydrogen (secondary N) is 3. The number of rotatable bonds is 58. The molecule has 6 saturated heterocycles. The van der Waals surface area contributed by atoms with Crippen molar-refractivity contribution in [3.8, 4) is 0 Å². The topological polar surface area (TPSA) is 542 Å². The molecule has 12 unspecified atom stereocenters. The van der Waals surface area contributed by atoms with Gasteiger partial charge >= 0.3 is 0 Å². The summed E-state index contributed by atoms with van der Waals surface area (Å²) in [6.07, 6.45) is -6.94. The van der Waals surface area contributed by atoms with Crippen LogP contribution in [0.5, 0.6) is 0 Å². The Morgan fingerprint density at radius 2 is 0.664 bits per heavy atom. The van der Waals surface area contributed by atoms with Gasteiger partial charge in [0.25, 0.3) is 0 Å². The molecule has 6 rings (SSSR count). The number of carbonyl (C=O) groups excluding carboxylic acids is 3. The number of ether oxygens (including phenoxy) is 12. The van der Waals surface area contributed by atoms with Gasteiger partial charge < -0.3 is 160 Å². The highest BCUT2D eigenvalue weighted by atomic mass is 16.8. The summed E-state index contributed by atoms with van der Waals surface area (Å²) in [5, 5.41) is 198. The normalized spacial score (nSPS) is 35.8. The maximum Gasteiger partial charge on any atom is 0.220 e. The summed E-state index contributed by atoms with van der Waals surface area (Å²) in [5.41, 5.74) is 0. The Hall–Kier alpha value is -3.27. The molecule has 0 radical (unpaired) electrons. The Bertz CT molecular complexity index is 2770. The Kier molecular flexibility index (Phi) is 50.4. The van der Waals surface area contributed by atoms with Crippen LogP contribution in [0.2, 0.25) is 0 Å². The fraction of sp³-hybridized carbons (Fsp3) is 0.917. The zero-order chi connectivity index (χ0) is 86.9. The first-order valence-electron chi connectivity index (χ1n) is 44.5. The zero-order valence-electron chi connectivity index (χ0n) is 70.8. The summed E-state index contributed by atoms with van der Waals surface area (Å²) in [7, 11) is 0. The molecule has 0 saturated carbocycles. The van der Waals surface area contributed by atoms with Crippen LogP contribution in [0.25, 0.3) is 0 Å². The van der Waals surface area contributed by atoms with Gasteiger partial charge in [-0.05, 0) is 51.9 Å². The van der Waals surface area contributed by atoms with Crippen molar-refractivity contribution in [2.75, 3.05) is 39.6 Å². The van der Waals surface area contributed by atoms with Crippen molar-refractivity contribution >= 4 is 17.7 Å². The predicted molar refractivity (Wildman–Crippen MR) is 429 cm³/mol. The van der Waals surface area contributed by atoms with Crippen LogP contribution in [0.1, 0.15) is 253 Å². The van der Waals surface area contributed by atoms with E-state index in [0.29, 0.717) is 12.8 Å². The van der Waals surface area contributed by atoms with Gasteiger partial charge in [-0.15, -0.1) is 0 Å². The van der Waals surface area contributed by atoms with Gasteiger partial charge in [-0.25, -0.2) is 0 Å². The summed E-state index contributed by atoms with van der Waals surface area (Å²) in [6.45, 7) is 2.42. The van der Waals surface area contributed by atoms with Gasteiger partial charge in [-0.3, -0.25) is 14.4 Å². The van der Waals surface area contributed by atoms with E-state index < -0.39 is 248 Å². The molecular weight excluding hydrogens is 1560 g/mol. The van der Waals surface area contributed by atoms with Crippen LogP contribution in [0.4, 0.5) is 0 Å². The van der Waals surface area contributed by atoms with E-state index >= 15 is 0 Å². The lowest BCUT2D eigenvalue weighted by Crippen LogP contribution is -2.71. The van der Waals surface area contributed by atoms with Crippen LogP contribution < -0.4 is 16.0 Å². The van der Waals surface area contributed by atoms with E-state index in [1.54, 1.807) is 6.08 Å². The molecule has 694 valence electrons. The number of amides is 3. The van der Waals surface area contributed by atoms with E-state index in [1.165, 1.54) is 155 Å². The van der Waals surface area contributed by atoms with Crippen LogP contribution >= 0.6 is 0 Å². The fourth-order valence-corrected chi connectivity index (χ4v) is 16.2. The lowest BCUT2D eigenvalue weighted by atomic mass is 9.93. The van der Waals surface area contributed by atoms with Crippen LogP contribution in [0.3, 0.4) is 0 Å². The van der Waals surface area contributed by atoms with E-state index in [-0.39, 0.29) is 12.3 Å². The second-order valence-electron chi connectivity index (χ2n) is 33.1. The number of allylic oxidation sites excluding steroid dienone is 3. The molecular formula is C84H151N3O32. The first-order chi connectivity index (χ1) is 57.3. The Morgan fingerprint density at radius 3 is 1.08 bits per heavy atom. The van der Waals surface area contributed by atoms with Crippen molar-refractivity contribution in [2.45, 2.75) is 449 Å². The Labute approximate surface area is 702 Å². The van der Waals surface area contributed by atoms with Crippen molar-refractivity contribution in [1.82, 2.24) is 16.0 Å². The van der Waals surface area contributed by atoms with Crippen molar-refractivity contribution in [3.63, 3.8) is 0 Å². The third-order valence-corrected chi connectivity index (χ3v) is 23.3. The van der Waals surface area contributed by atoms with E-state index in [0.717, 1.165) is 65.2 Å². The molecule has 0 aromatic heterocycles. The molecule has 0 bridgehead atoms. The molecule has 0 aromatic rings. The molecule has 35 nitrogen and oxygen atoms in total. The molecule has 6 aliphatic heterocycles. The van der Waals surface area contributed by atoms with Gasteiger partial charge in [0, 0.05) is 20.3 Å². The smallest absolute Gasteiger partial charge is 0.220 e. The SMILES string of the molecule is CCCCCCCC/C=C\CCCCCCCCCCCCCCCC(=O)N[C@@H](CO[C@@H]1OC(CO)[C@@H](O[C@@H]2OC(CO)[C@H](O[C@@H]3OC(CO)[C@H](O)[C@H](O[C@@H]4OC(CO)[C@H](O)[C@H](O[C@@H]5OC(CO)[C@@H](O)[C@H](O[C@H]6OC(C)[C@@H](O)C(O)[C@@H]6O)C5NC(C)=O)C4O)C3NC(C)=O)[C@H](O)C2O)[C@H](O)C1O)[C@H](O)/C=C/CCCCCCCCCCCCC. The second kappa shape index (κ2) is 57.4. The lowest BCUT2D eigenvalue weighted by Gasteiger charge is -2.51. The van der Waals surface area contributed by atoms with Gasteiger partial charge in [0.05, 0.1) is 57.9 Å².